The Bertz CT molecular complexity index is 2280. The number of amides is 1. The van der Waals surface area contributed by atoms with Crippen molar-refractivity contribution in [2.45, 2.75) is 20.3 Å². The summed E-state index contributed by atoms with van der Waals surface area (Å²) in [6.07, 6.45) is 2.95. The summed E-state index contributed by atoms with van der Waals surface area (Å²) in [7, 11) is -3.44. The zero-order valence-electron chi connectivity index (χ0n) is 36.0. The topological polar surface area (TPSA) is 181 Å². The Kier molecular flexibility index (Phi) is 21.1. The smallest absolute Gasteiger partial charge is 0.264 e. The van der Waals surface area contributed by atoms with Crippen LogP contribution in [0.15, 0.2) is 79.0 Å². The Hall–Kier alpha value is -4.60. The lowest BCUT2D eigenvalue weighted by Gasteiger charge is -2.10. The molecule has 0 bridgehead atoms. The molecule has 0 atom stereocenters. The molecule has 3 aromatic carbocycles. The van der Waals surface area contributed by atoms with Crippen molar-refractivity contribution in [3.05, 3.63) is 101 Å². The lowest BCUT2D eigenvalue weighted by Crippen LogP contribution is -2.15. The predicted molar refractivity (Wildman–Crippen MR) is 239 cm³/mol. The van der Waals surface area contributed by atoms with Crippen molar-refractivity contribution in [1.29, 1.82) is 0 Å². The Morgan fingerprint density at radius 2 is 1.24 bits per heavy atom. The van der Waals surface area contributed by atoms with E-state index in [-0.39, 0.29) is 31.4 Å². The quantitative estimate of drug-likeness (QED) is 0.0421. The van der Waals surface area contributed by atoms with Crippen LogP contribution in [0.25, 0.3) is 22.2 Å². The minimum atomic E-state index is -3.44. The van der Waals surface area contributed by atoms with Gasteiger partial charge in [-0.2, -0.15) is 8.42 Å². The fourth-order valence-corrected chi connectivity index (χ4v) is 7.33. The largest absolute Gasteiger partial charge is 0.491 e. The van der Waals surface area contributed by atoms with E-state index in [0.717, 1.165) is 44.4 Å². The average Bonchev–Trinajstić information content (AvgIpc) is 3.85. The van der Waals surface area contributed by atoms with Gasteiger partial charge in [-0.25, -0.2) is 4.98 Å². The first kappa shape index (κ1) is 49.4. The molecule has 5 aromatic rings. The zero-order valence-corrected chi connectivity index (χ0v) is 37.7. The van der Waals surface area contributed by atoms with Crippen LogP contribution in [-0.2, 0) is 58.7 Å². The number of carbonyl (C=O) groups is 2. The number of ether oxygens (including phenoxy) is 8. The lowest BCUT2D eigenvalue weighted by atomic mass is 10.1. The number of hydrogen-bond donors (Lipinski definition) is 1. The Balaban J connectivity index is 0.859. The van der Waals surface area contributed by atoms with Crippen molar-refractivity contribution in [2.75, 3.05) is 117 Å². The van der Waals surface area contributed by atoms with E-state index < -0.39 is 10.1 Å². The van der Waals surface area contributed by atoms with E-state index in [2.05, 4.69) is 9.50 Å². The predicted octanol–water partition coefficient (Wildman–Crippen LogP) is 5.72. The zero-order chi connectivity index (χ0) is 44.7. The Morgan fingerprint density at radius 1 is 0.667 bits per heavy atom. The number of rotatable bonds is 31. The van der Waals surface area contributed by atoms with Crippen LogP contribution in [0.1, 0.15) is 26.4 Å². The molecule has 0 saturated carbocycles. The summed E-state index contributed by atoms with van der Waals surface area (Å²) in [5.41, 5.74) is 4.90. The van der Waals surface area contributed by atoms with Crippen LogP contribution in [0.3, 0.4) is 0 Å². The second kappa shape index (κ2) is 26.9. The second-order valence-electron chi connectivity index (χ2n) is 14.0. The number of hydrogen-bond acceptors (Lipinski definition) is 15. The van der Waals surface area contributed by atoms with Crippen LogP contribution < -0.4 is 10.1 Å². The fourth-order valence-electron chi connectivity index (χ4n) is 6.11. The molecule has 18 heteroatoms. The molecule has 0 aliphatic heterocycles. The lowest BCUT2D eigenvalue weighted by molar-refractivity contribution is -0.115. The number of carbonyl (C=O) groups excluding carboxylic acids is 2. The van der Waals surface area contributed by atoms with Gasteiger partial charge in [0.25, 0.3) is 16.0 Å². The third-order valence-electron chi connectivity index (χ3n) is 9.12. The van der Waals surface area contributed by atoms with Crippen molar-refractivity contribution < 1.29 is 60.1 Å². The maximum absolute atomic E-state index is 13.3. The molecule has 0 aliphatic rings. The van der Waals surface area contributed by atoms with E-state index in [4.69, 9.17) is 42.9 Å². The highest BCUT2D eigenvalue weighted by Gasteiger charge is 2.17. The molecule has 342 valence electrons. The summed E-state index contributed by atoms with van der Waals surface area (Å²) in [6, 6.07) is 22.8. The molecule has 16 nitrogen and oxygen atoms in total. The van der Waals surface area contributed by atoms with Gasteiger partial charge in [0.1, 0.15) is 12.4 Å². The van der Waals surface area contributed by atoms with E-state index in [1.165, 1.54) is 11.3 Å². The molecule has 0 radical (unpaired) electrons. The number of nitrogens with zero attached hydrogens (tertiary/aromatic N) is 2. The summed E-state index contributed by atoms with van der Waals surface area (Å²) in [6.45, 7) is 9.89. The molecular formula is C45H57N3O13S2. The third kappa shape index (κ3) is 17.8. The summed E-state index contributed by atoms with van der Waals surface area (Å²) < 4.78 is 71.9. The van der Waals surface area contributed by atoms with E-state index >= 15 is 0 Å². The van der Waals surface area contributed by atoms with Gasteiger partial charge in [0.2, 0.25) is 5.91 Å². The van der Waals surface area contributed by atoms with Gasteiger partial charge >= 0.3 is 0 Å². The van der Waals surface area contributed by atoms with Gasteiger partial charge in [-0.05, 0) is 61.4 Å². The van der Waals surface area contributed by atoms with Crippen LogP contribution in [-0.4, -0.2) is 142 Å². The first-order chi connectivity index (χ1) is 30.6. The number of nitrogens with one attached hydrogen (secondary N) is 1. The molecule has 0 fully saturated rings. The van der Waals surface area contributed by atoms with Gasteiger partial charge in [-0.1, -0.05) is 36.4 Å². The highest BCUT2D eigenvalue weighted by molar-refractivity contribution is 7.85. The minimum Gasteiger partial charge on any atom is -0.491 e. The highest BCUT2D eigenvalue weighted by atomic mass is 32.2. The summed E-state index contributed by atoms with van der Waals surface area (Å²) in [5.74, 6) is 0.389. The van der Waals surface area contributed by atoms with Gasteiger partial charge in [0.15, 0.2) is 5.13 Å². The SMILES string of the molecule is Cc1ccccc1C(=O)n1ccc2cc(-c3nc(NC(=O)Cc4cccc(OCCOCCOCCOCCOCCOCCOCCOCCOS(C)(=O)=O)c4)sc3C)ccc21. The highest BCUT2D eigenvalue weighted by Crippen LogP contribution is 2.33. The van der Waals surface area contributed by atoms with Crippen molar-refractivity contribution in [1.82, 2.24) is 9.55 Å². The van der Waals surface area contributed by atoms with Crippen LogP contribution >= 0.6 is 11.3 Å². The molecule has 2 aromatic heterocycles. The van der Waals surface area contributed by atoms with Crippen LogP contribution in [0.5, 0.6) is 5.75 Å². The summed E-state index contributed by atoms with van der Waals surface area (Å²) >= 11 is 1.42. The molecule has 0 saturated heterocycles. The number of fused-ring (bicyclic) bond motifs is 1. The summed E-state index contributed by atoms with van der Waals surface area (Å²) in [4.78, 5) is 32.0. The molecule has 0 aliphatic carbocycles. The third-order valence-corrected chi connectivity index (χ3v) is 10.6. The number of anilines is 1. The Labute approximate surface area is 372 Å². The fraction of sp³-hybridized carbons (Fsp3) is 0.444. The number of aryl methyl sites for hydroxylation is 2. The van der Waals surface area contributed by atoms with Crippen molar-refractivity contribution in [3.63, 3.8) is 0 Å². The monoisotopic (exact) mass is 911 g/mol. The maximum atomic E-state index is 13.3. The summed E-state index contributed by atoms with van der Waals surface area (Å²) in [5, 5.41) is 4.39. The van der Waals surface area contributed by atoms with Gasteiger partial charge in [0.05, 0.1) is 123 Å². The molecular weight excluding hydrogens is 855 g/mol. The average molecular weight is 912 g/mol. The first-order valence-corrected chi connectivity index (χ1v) is 23.3. The molecule has 1 N–H and O–H groups in total. The minimum absolute atomic E-state index is 0.0146. The number of aromatic nitrogens is 2. The molecule has 0 spiro atoms. The van der Waals surface area contributed by atoms with Crippen LogP contribution in [0.4, 0.5) is 5.13 Å². The van der Waals surface area contributed by atoms with Crippen molar-refractivity contribution in [2.24, 2.45) is 0 Å². The van der Waals surface area contributed by atoms with Crippen LogP contribution in [0, 0.1) is 13.8 Å². The van der Waals surface area contributed by atoms with E-state index in [1.54, 1.807) is 10.8 Å². The Morgan fingerprint density at radius 3 is 1.83 bits per heavy atom. The van der Waals surface area contributed by atoms with E-state index in [9.17, 15) is 18.0 Å². The number of benzene rings is 3. The molecule has 1 amide bonds. The standard InChI is InChI=1S/C45H57N3O13S2/c1-34-7-4-5-10-40(34)44(50)48-14-13-37-33-38(11-12-41(37)48)43-35(2)62-45(47-43)46-42(49)32-36-8-6-9-39(31-36)60-29-27-58-25-23-56-21-19-54-17-15-53-16-18-55-20-22-57-24-26-59-28-30-61-63(3,51)52/h4-14,31,33H,15-30,32H2,1-3H3,(H,46,47,49). The van der Waals surface area contributed by atoms with Crippen molar-refractivity contribution in [3.8, 4) is 17.0 Å². The molecule has 0 unspecified atom stereocenters. The van der Waals surface area contributed by atoms with E-state index in [1.807, 2.05) is 86.6 Å². The van der Waals surface area contributed by atoms with Gasteiger partial charge in [0, 0.05) is 27.6 Å². The molecule has 63 heavy (non-hydrogen) atoms. The molecule has 5 rings (SSSR count). The normalized spacial score (nSPS) is 11.7. The van der Waals surface area contributed by atoms with Gasteiger partial charge < -0.3 is 43.2 Å². The van der Waals surface area contributed by atoms with Gasteiger partial charge in [-0.15, -0.1) is 11.3 Å². The second-order valence-corrected chi connectivity index (χ2v) is 16.9. The van der Waals surface area contributed by atoms with Crippen molar-refractivity contribution >= 4 is 49.3 Å². The number of thiazole rings is 1. The van der Waals surface area contributed by atoms with E-state index in [0.29, 0.717) is 109 Å². The van der Waals surface area contributed by atoms with Gasteiger partial charge in [-0.3, -0.25) is 18.3 Å². The molecule has 2 heterocycles. The van der Waals surface area contributed by atoms with Crippen LogP contribution in [0.2, 0.25) is 0 Å². The maximum Gasteiger partial charge on any atom is 0.264 e. The first-order valence-electron chi connectivity index (χ1n) is 20.7.